The molecule has 27 heavy (non-hydrogen) atoms. The Balaban J connectivity index is 1.46. The van der Waals surface area contributed by atoms with Crippen molar-refractivity contribution >= 4 is 0 Å². The van der Waals surface area contributed by atoms with Crippen molar-refractivity contribution in [3.05, 3.63) is 77.9 Å². The molecule has 5 heteroatoms. The minimum Gasteiger partial charge on any atom is -0.496 e. The first-order chi connectivity index (χ1) is 13.2. The van der Waals surface area contributed by atoms with Crippen molar-refractivity contribution in [1.29, 1.82) is 0 Å². The maximum absolute atomic E-state index is 13.4. The number of hydrogen-bond donors (Lipinski definition) is 0. The van der Waals surface area contributed by atoms with Gasteiger partial charge in [0.2, 0.25) is 0 Å². The lowest BCUT2D eigenvalue weighted by Crippen LogP contribution is -2.31. The zero-order chi connectivity index (χ0) is 18.6. The predicted octanol–water partition coefficient (Wildman–Crippen LogP) is 4.23. The van der Waals surface area contributed by atoms with Crippen molar-refractivity contribution in [3.63, 3.8) is 0 Å². The third-order valence-electron chi connectivity index (χ3n) is 5.23. The predicted molar refractivity (Wildman–Crippen MR) is 104 cm³/mol. The molecule has 0 amide bonds. The Hall–Kier alpha value is -2.66. The first-order valence-electron chi connectivity index (χ1n) is 9.39. The average Bonchev–Trinajstić information content (AvgIpc) is 3.32. The van der Waals surface area contributed by atoms with Gasteiger partial charge in [-0.1, -0.05) is 24.3 Å². The molecule has 3 aromatic rings. The number of hydrogen-bond acceptors (Lipinski definition) is 3. The number of methoxy groups -OCH3 is 1. The van der Waals surface area contributed by atoms with Gasteiger partial charge < -0.3 is 4.74 Å². The Morgan fingerprint density at radius 1 is 1.15 bits per heavy atom. The molecule has 0 bridgehead atoms. The Kier molecular flexibility index (Phi) is 5.21. The van der Waals surface area contributed by atoms with Crippen LogP contribution in [0.3, 0.4) is 0 Å². The molecular formula is C22H24FN3O. The number of benzene rings is 2. The van der Waals surface area contributed by atoms with E-state index < -0.39 is 0 Å². The SMILES string of the molecule is COc1ccccc1C[C@@H]1CCCN1Cc1ccn(-c2cccc(F)c2)n1. The third-order valence-corrected chi connectivity index (χ3v) is 5.23. The number of ether oxygens (including phenoxy) is 1. The number of halogens is 1. The molecule has 1 aliphatic rings. The lowest BCUT2D eigenvalue weighted by molar-refractivity contribution is 0.239. The summed E-state index contributed by atoms with van der Waals surface area (Å²) in [6.45, 7) is 1.88. The van der Waals surface area contributed by atoms with Crippen LogP contribution in [0.25, 0.3) is 5.69 Å². The molecule has 0 aliphatic carbocycles. The van der Waals surface area contributed by atoms with E-state index in [0.29, 0.717) is 6.04 Å². The molecule has 140 valence electrons. The summed E-state index contributed by atoms with van der Waals surface area (Å²) in [6.07, 6.45) is 5.26. The molecule has 1 aromatic heterocycles. The highest BCUT2D eigenvalue weighted by molar-refractivity contribution is 5.34. The van der Waals surface area contributed by atoms with E-state index >= 15 is 0 Å². The number of likely N-dealkylation sites (tertiary alicyclic amines) is 1. The summed E-state index contributed by atoms with van der Waals surface area (Å²) in [6, 6.07) is 17.3. The molecule has 0 unspecified atom stereocenters. The molecule has 2 heterocycles. The van der Waals surface area contributed by atoms with E-state index in [1.807, 2.05) is 30.5 Å². The summed E-state index contributed by atoms with van der Waals surface area (Å²) in [5, 5.41) is 4.64. The Labute approximate surface area is 159 Å². The van der Waals surface area contributed by atoms with Gasteiger partial charge in [-0.05, 0) is 61.7 Å². The van der Waals surface area contributed by atoms with Crippen molar-refractivity contribution < 1.29 is 9.13 Å². The molecule has 0 spiro atoms. The third kappa shape index (κ3) is 4.03. The molecule has 1 fully saturated rings. The monoisotopic (exact) mass is 365 g/mol. The van der Waals surface area contributed by atoms with Gasteiger partial charge in [0.25, 0.3) is 0 Å². The lowest BCUT2D eigenvalue weighted by atomic mass is 10.0. The maximum atomic E-state index is 13.4. The van der Waals surface area contributed by atoms with Gasteiger partial charge in [-0.3, -0.25) is 4.90 Å². The van der Waals surface area contributed by atoms with Crippen molar-refractivity contribution in [2.24, 2.45) is 0 Å². The smallest absolute Gasteiger partial charge is 0.125 e. The van der Waals surface area contributed by atoms with Crippen LogP contribution in [0.5, 0.6) is 5.75 Å². The number of aromatic nitrogens is 2. The second-order valence-electron chi connectivity index (χ2n) is 7.01. The fourth-order valence-corrected chi connectivity index (χ4v) is 3.88. The molecule has 4 rings (SSSR count). The molecule has 0 radical (unpaired) electrons. The van der Waals surface area contributed by atoms with Gasteiger partial charge >= 0.3 is 0 Å². The highest BCUT2D eigenvalue weighted by Crippen LogP contribution is 2.27. The van der Waals surface area contributed by atoms with Gasteiger partial charge in [-0.25, -0.2) is 9.07 Å². The average molecular weight is 365 g/mol. The van der Waals surface area contributed by atoms with Gasteiger partial charge in [0.15, 0.2) is 0 Å². The highest BCUT2D eigenvalue weighted by atomic mass is 19.1. The number of nitrogens with zero attached hydrogens (tertiary/aromatic N) is 3. The van der Waals surface area contributed by atoms with Gasteiger partial charge in [-0.2, -0.15) is 5.10 Å². The largest absolute Gasteiger partial charge is 0.496 e. The first-order valence-corrected chi connectivity index (χ1v) is 9.39. The number of para-hydroxylation sites is 1. The van der Waals surface area contributed by atoms with Crippen LogP contribution >= 0.6 is 0 Å². The van der Waals surface area contributed by atoms with Gasteiger partial charge in [0, 0.05) is 18.8 Å². The fraction of sp³-hybridized carbons (Fsp3) is 0.318. The van der Waals surface area contributed by atoms with Crippen LogP contribution in [-0.2, 0) is 13.0 Å². The van der Waals surface area contributed by atoms with Crippen LogP contribution in [0.2, 0.25) is 0 Å². The van der Waals surface area contributed by atoms with Crippen molar-refractivity contribution in [3.8, 4) is 11.4 Å². The molecule has 4 nitrogen and oxygen atoms in total. The molecule has 1 aliphatic heterocycles. The van der Waals surface area contributed by atoms with E-state index in [-0.39, 0.29) is 5.82 Å². The van der Waals surface area contributed by atoms with Crippen LogP contribution in [0.15, 0.2) is 60.8 Å². The Morgan fingerprint density at radius 2 is 2.04 bits per heavy atom. The van der Waals surface area contributed by atoms with Gasteiger partial charge in [0.1, 0.15) is 11.6 Å². The summed E-state index contributed by atoms with van der Waals surface area (Å²) in [5.41, 5.74) is 3.00. The Bertz CT molecular complexity index is 908. The molecule has 0 N–H and O–H groups in total. The number of rotatable bonds is 6. The first kappa shape index (κ1) is 17.7. The zero-order valence-corrected chi connectivity index (χ0v) is 15.5. The van der Waals surface area contributed by atoms with Gasteiger partial charge in [0.05, 0.1) is 18.5 Å². The van der Waals surface area contributed by atoms with Crippen LogP contribution in [0, 0.1) is 5.82 Å². The van der Waals surface area contributed by atoms with E-state index in [0.717, 1.165) is 36.6 Å². The fourth-order valence-electron chi connectivity index (χ4n) is 3.88. The lowest BCUT2D eigenvalue weighted by Gasteiger charge is -2.24. The van der Waals surface area contributed by atoms with Gasteiger partial charge in [-0.15, -0.1) is 0 Å². The summed E-state index contributed by atoms with van der Waals surface area (Å²) in [7, 11) is 1.73. The normalized spacial score (nSPS) is 17.3. The summed E-state index contributed by atoms with van der Waals surface area (Å²) < 4.78 is 20.7. The zero-order valence-electron chi connectivity index (χ0n) is 15.5. The van der Waals surface area contributed by atoms with E-state index in [1.165, 1.54) is 30.5 Å². The quantitative estimate of drug-likeness (QED) is 0.655. The summed E-state index contributed by atoms with van der Waals surface area (Å²) in [5.74, 6) is 0.709. The molecule has 2 aromatic carbocycles. The molecule has 1 atom stereocenters. The van der Waals surface area contributed by atoms with Crippen LogP contribution in [0.1, 0.15) is 24.1 Å². The summed E-state index contributed by atoms with van der Waals surface area (Å²) in [4.78, 5) is 2.49. The van der Waals surface area contributed by atoms with Crippen LogP contribution in [-0.4, -0.2) is 34.4 Å². The van der Waals surface area contributed by atoms with Crippen molar-refractivity contribution in [2.75, 3.05) is 13.7 Å². The second-order valence-corrected chi connectivity index (χ2v) is 7.01. The van der Waals surface area contributed by atoms with E-state index in [2.05, 4.69) is 22.1 Å². The minimum absolute atomic E-state index is 0.249. The van der Waals surface area contributed by atoms with E-state index in [4.69, 9.17) is 4.74 Å². The maximum Gasteiger partial charge on any atom is 0.125 e. The molecule has 1 saturated heterocycles. The molecule has 0 saturated carbocycles. The Morgan fingerprint density at radius 3 is 2.89 bits per heavy atom. The van der Waals surface area contributed by atoms with Crippen LogP contribution in [0.4, 0.5) is 4.39 Å². The summed E-state index contributed by atoms with van der Waals surface area (Å²) >= 11 is 0. The standard InChI is InChI=1S/C22H24FN3O/c1-27-22-10-3-2-6-17(22)14-20-9-5-12-25(20)16-19-11-13-26(24-19)21-8-4-7-18(23)15-21/h2-4,6-8,10-11,13,15,20H,5,9,12,14,16H2,1H3/t20-/m0/s1. The second kappa shape index (κ2) is 7.92. The highest BCUT2D eigenvalue weighted by Gasteiger charge is 2.26. The van der Waals surface area contributed by atoms with Crippen molar-refractivity contribution in [1.82, 2.24) is 14.7 Å². The minimum atomic E-state index is -0.249. The van der Waals surface area contributed by atoms with Crippen LogP contribution < -0.4 is 4.74 Å². The van der Waals surface area contributed by atoms with E-state index in [9.17, 15) is 4.39 Å². The topological polar surface area (TPSA) is 30.3 Å². The molecular weight excluding hydrogens is 341 g/mol. The van der Waals surface area contributed by atoms with E-state index in [1.54, 1.807) is 17.9 Å². The van der Waals surface area contributed by atoms with Crippen molar-refractivity contribution in [2.45, 2.75) is 31.8 Å².